The molecule has 0 unspecified atom stereocenters. The first-order valence-corrected chi connectivity index (χ1v) is 8.57. The fraction of sp³-hybridized carbons (Fsp3) is 0.222. The summed E-state index contributed by atoms with van der Waals surface area (Å²) < 4.78 is 0. The normalized spacial score (nSPS) is 14.8. The first-order chi connectivity index (χ1) is 12.2. The smallest absolute Gasteiger partial charge is 0.321 e. The minimum Gasteiger partial charge on any atom is -0.367 e. The highest BCUT2D eigenvalue weighted by atomic mass is 35.5. The molecule has 25 heavy (non-hydrogen) atoms. The fourth-order valence-electron chi connectivity index (χ4n) is 3.08. The number of halogens is 1. The van der Waals surface area contributed by atoms with Crippen LogP contribution in [-0.4, -0.2) is 47.3 Å². The van der Waals surface area contributed by atoms with Crippen LogP contribution in [0.15, 0.2) is 48.7 Å². The summed E-state index contributed by atoms with van der Waals surface area (Å²) in [5.41, 5.74) is 2.69. The van der Waals surface area contributed by atoms with Gasteiger partial charge >= 0.3 is 6.03 Å². The van der Waals surface area contributed by atoms with E-state index >= 15 is 0 Å². The van der Waals surface area contributed by atoms with E-state index < -0.39 is 0 Å². The second kappa shape index (κ2) is 6.64. The number of H-pyrrole nitrogens is 1. The van der Waals surface area contributed by atoms with Crippen LogP contribution in [0.5, 0.6) is 0 Å². The van der Waals surface area contributed by atoms with Crippen molar-refractivity contribution in [1.29, 1.82) is 0 Å². The Morgan fingerprint density at radius 1 is 1.12 bits per heavy atom. The molecule has 3 aromatic rings. The summed E-state index contributed by atoms with van der Waals surface area (Å²) in [6.07, 6.45) is 1.76. The van der Waals surface area contributed by atoms with Crippen LogP contribution < -0.4 is 10.2 Å². The second-order valence-corrected chi connectivity index (χ2v) is 6.43. The van der Waals surface area contributed by atoms with Crippen LogP contribution in [0.1, 0.15) is 0 Å². The summed E-state index contributed by atoms with van der Waals surface area (Å²) in [7, 11) is 0. The molecule has 2 aromatic carbocycles. The average Bonchev–Trinajstić information content (AvgIpc) is 3.10. The number of para-hydroxylation sites is 1. The maximum absolute atomic E-state index is 12.5. The Bertz CT molecular complexity index is 901. The van der Waals surface area contributed by atoms with Crippen LogP contribution in [0.4, 0.5) is 16.2 Å². The molecule has 2 amide bonds. The van der Waals surface area contributed by atoms with Gasteiger partial charge in [0.25, 0.3) is 0 Å². The van der Waals surface area contributed by atoms with Gasteiger partial charge in [0.15, 0.2) is 0 Å². The summed E-state index contributed by atoms with van der Waals surface area (Å²) in [5, 5.41) is 11.6. The Morgan fingerprint density at radius 3 is 2.72 bits per heavy atom. The fourth-order valence-corrected chi connectivity index (χ4v) is 3.33. The Balaban J connectivity index is 1.38. The molecule has 128 valence electrons. The first kappa shape index (κ1) is 15.8. The molecule has 0 spiro atoms. The van der Waals surface area contributed by atoms with Crippen LogP contribution in [-0.2, 0) is 0 Å². The number of aromatic amines is 1. The van der Waals surface area contributed by atoms with Crippen molar-refractivity contribution in [3.63, 3.8) is 0 Å². The predicted octanol–water partition coefficient (Wildman–Crippen LogP) is 3.57. The molecule has 0 radical (unpaired) electrons. The number of benzene rings is 2. The van der Waals surface area contributed by atoms with Crippen molar-refractivity contribution >= 4 is 39.9 Å². The summed E-state index contributed by atoms with van der Waals surface area (Å²) in [6, 6.07) is 13.4. The number of nitrogens with zero attached hydrogens (tertiary/aromatic N) is 3. The number of hydrogen-bond acceptors (Lipinski definition) is 3. The van der Waals surface area contributed by atoms with E-state index in [1.165, 1.54) is 0 Å². The van der Waals surface area contributed by atoms with Gasteiger partial charge in [-0.15, -0.1) is 0 Å². The Hall–Kier alpha value is -2.73. The third-order valence-electron chi connectivity index (χ3n) is 4.45. The van der Waals surface area contributed by atoms with E-state index in [1.807, 2.05) is 47.4 Å². The van der Waals surface area contributed by atoms with Gasteiger partial charge in [-0.1, -0.05) is 23.7 Å². The van der Waals surface area contributed by atoms with Crippen LogP contribution in [0.2, 0.25) is 5.02 Å². The molecule has 0 aliphatic carbocycles. The van der Waals surface area contributed by atoms with Gasteiger partial charge in [-0.05, 0) is 30.3 Å². The van der Waals surface area contributed by atoms with Gasteiger partial charge < -0.3 is 15.1 Å². The molecule has 4 rings (SSSR count). The van der Waals surface area contributed by atoms with E-state index in [4.69, 9.17) is 11.6 Å². The Labute approximate surface area is 150 Å². The molecular weight excluding hydrogens is 338 g/mol. The molecule has 6 nitrogen and oxygen atoms in total. The highest BCUT2D eigenvalue weighted by Crippen LogP contribution is 2.26. The minimum absolute atomic E-state index is 0.0855. The molecule has 1 aromatic heterocycles. The van der Waals surface area contributed by atoms with Crippen LogP contribution in [0.3, 0.4) is 0 Å². The van der Waals surface area contributed by atoms with Crippen molar-refractivity contribution in [1.82, 2.24) is 15.1 Å². The second-order valence-electron chi connectivity index (χ2n) is 6.03. The molecule has 2 heterocycles. The highest BCUT2D eigenvalue weighted by molar-refractivity contribution is 6.33. The molecule has 2 N–H and O–H groups in total. The van der Waals surface area contributed by atoms with Gasteiger partial charge in [0.2, 0.25) is 0 Å². The third kappa shape index (κ3) is 3.25. The lowest BCUT2D eigenvalue weighted by Gasteiger charge is -2.36. The SMILES string of the molecule is O=C(Nc1ccc2cn[nH]c2c1)N1CCN(c2ccccc2Cl)CC1. The van der Waals surface area contributed by atoms with Gasteiger partial charge in [-0.3, -0.25) is 5.10 Å². The molecule has 1 aliphatic heterocycles. The topological polar surface area (TPSA) is 64.3 Å². The number of carbonyl (C=O) groups is 1. The van der Waals surface area contributed by atoms with E-state index in [1.54, 1.807) is 6.20 Å². The lowest BCUT2D eigenvalue weighted by atomic mass is 10.2. The zero-order valence-electron chi connectivity index (χ0n) is 13.6. The monoisotopic (exact) mass is 355 g/mol. The van der Waals surface area contributed by atoms with Crippen molar-refractivity contribution < 1.29 is 4.79 Å². The van der Waals surface area contributed by atoms with Gasteiger partial charge in [0.05, 0.1) is 22.4 Å². The zero-order chi connectivity index (χ0) is 17.2. The van der Waals surface area contributed by atoms with Gasteiger partial charge in [0.1, 0.15) is 0 Å². The Morgan fingerprint density at radius 2 is 1.92 bits per heavy atom. The number of anilines is 2. The highest BCUT2D eigenvalue weighted by Gasteiger charge is 2.22. The standard InChI is InChI=1S/C18H18ClN5O/c19-15-3-1-2-4-17(15)23-7-9-24(10-8-23)18(25)21-14-6-5-13-12-20-22-16(13)11-14/h1-6,11-12H,7-10H2,(H,20,22)(H,21,25). The minimum atomic E-state index is -0.0855. The van der Waals surface area contributed by atoms with E-state index in [-0.39, 0.29) is 6.03 Å². The van der Waals surface area contributed by atoms with Crippen molar-refractivity contribution in [3.05, 3.63) is 53.7 Å². The molecule has 0 bridgehead atoms. The number of aromatic nitrogens is 2. The zero-order valence-corrected chi connectivity index (χ0v) is 14.3. The molecule has 0 atom stereocenters. The number of amides is 2. The molecule has 7 heteroatoms. The average molecular weight is 356 g/mol. The lowest BCUT2D eigenvalue weighted by Crippen LogP contribution is -2.50. The van der Waals surface area contributed by atoms with E-state index in [9.17, 15) is 4.79 Å². The van der Waals surface area contributed by atoms with Gasteiger partial charge in [-0.2, -0.15) is 5.10 Å². The first-order valence-electron chi connectivity index (χ1n) is 8.19. The number of hydrogen-bond donors (Lipinski definition) is 2. The number of urea groups is 1. The van der Waals surface area contributed by atoms with E-state index in [2.05, 4.69) is 20.4 Å². The summed E-state index contributed by atoms with van der Waals surface area (Å²) in [6.45, 7) is 2.83. The summed E-state index contributed by atoms with van der Waals surface area (Å²) in [5.74, 6) is 0. The molecular formula is C18H18ClN5O. The van der Waals surface area contributed by atoms with Crippen molar-refractivity contribution in [2.24, 2.45) is 0 Å². The molecule has 1 fully saturated rings. The largest absolute Gasteiger partial charge is 0.367 e. The molecule has 1 saturated heterocycles. The number of fused-ring (bicyclic) bond motifs is 1. The maximum atomic E-state index is 12.5. The molecule has 0 saturated carbocycles. The van der Waals surface area contributed by atoms with Crippen molar-refractivity contribution in [2.45, 2.75) is 0 Å². The van der Waals surface area contributed by atoms with Crippen molar-refractivity contribution in [2.75, 3.05) is 36.4 Å². The summed E-state index contributed by atoms with van der Waals surface area (Å²) >= 11 is 6.26. The maximum Gasteiger partial charge on any atom is 0.321 e. The lowest BCUT2D eigenvalue weighted by molar-refractivity contribution is 0.208. The van der Waals surface area contributed by atoms with E-state index in [0.29, 0.717) is 13.1 Å². The Kier molecular flexibility index (Phi) is 4.19. The van der Waals surface area contributed by atoms with Crippen molar-refractivity contribution in [3.8, 4) is 0 Å². The van der Waals surface area contributed by atoms with Gasteiger partial charge in [-0.25, -0.2) is 4.79 Å². The quantitative estimate of drug-likeness (QED) is 0.738. The number of piperazine rings is 1. The summed E-state index contributed by atoms with van der Waals surface area (Å²) in [4.78, 5) is 16.5. The number of nitrogens with one attached hydrogen (secondary N) is 2. The third-order valence-corrected chi connectivity index (χ3v) is 4.77. The number of carbonyl (C=O) groups excluding carboxylic acids is 1. The number of rotatable bonds is 2. The van der Waals surface area contributed by atoms with Crippen LogP contribution >= 0.6 is 11.6 Å². The van der Waals surface area contributed by atoms with Crippen LogP contribution in [0, 0.1) is 0 Å². The van der Waals surface area contributed by atoms with Gasteiger partial charge in [0, 0.05) is 37.3 Å². The van der Waals surface area contributed by atoms with E-state index in [0.717, 1.165) is 40.4 Å². The predicted molar refractivity (Wildman–Crippen MR) is 100 cm³/mol. The molecule has 1 aliphatic rings. The van der Waals surface area contributed by atoms with Crippen LogP contribution in [0.25, 0.3) is 10.9 Å².